The fourth-order valence-electron chi connectivity index (χ4n) is 1.84. The Balaban J connectivity index is 2.26. The molecule has 0 spiro atoms. The maximum atomic E-state index is 5.64. The largest absolute Gasteiger partial charge is 0.368 e. The topological polar surface area (TPSA) is 55.0 Å². The number of hydrogen-bond donors (Lipinski definition) is 1. The summed E-state index contributed by atoms with van der Waals surface area (Å²) < 4.78 is 0. The van der Waals surface area contributed by atoms with Crippen molar-refractivity contribution in [1.82, 2.24) is 9.97 Å². The van der Waals surface area contributed by atoms with Crippen LogP contribution in [0.2, 0.25) is 0 Å². The summed E-state index contributed by atoms with van der Waals surface area (Å²) in [5, 5.41) is 0. The second-order valence-electron chi connectivity index (χ2n) is 3.99. The maximum Gasteiger partial charge on any atom is 0.222 e. The molecule has 0 saturated heterocycles. The molecule has 80 valence electrons. The van der Waals surface area contributed by atoms with Gasteiger partial charge >= 0.3 is 0 Å². The highest BCUT2D eigenvalue weighted by molar-refractivity contribution is 5.45. The van der Waals surface area contributed by atoms with E-state index in [1.807, 2.05) is 13.0 Å². The molecule has 1 aliphatic heterocycles. The second-order valence-corrected chi connectivity index (χ2v) is 3.99. The van der Waals surface area contributed by atoms with Crippen LogP contribution in [-0.4, -0.2) is 23.1 Å². The van der Waals surface area contributed by atoms with Crippen LogP contribution in [0.4, 0.5) is 11.8 Å². The minimum absolute atomic E-state index is 0.359. The van der Waals surface area contributed by atoms with E-state index in [2.05, 4.69) is 27.9 Å². The van der Waals surface area contributed by atoms with Gasteiger partial charge < -0.3 is 10.6 Å². The first kappa shape index (κ1) is 9.96. The van der Waals surface area contributed by atoms with Crippen LogP contribution in [0.25, 0.3) is 0 Å². The molecule has 1 aliphatic rings. The number of nitrogen functional groups attached to an aromatic ring is 1. The van der Waals surface area contributed by atoms with Crippen molar-refractivity contribution in [2.45, 2.75) is 20.3 Å². The zero-order valence-corrected chi connectivity index (χ0v) is 9.20. The Labute approximate surface area is 89.8 Å². The van der Waals surface area contributed by atoms with Crippen LogP contribution >= 0.6 is 0 Å². The highest BCUT2D eigenvalue weighted by Gasteiger charge is 2.12. The van der Waals surface area contributed by atoms with E-state index in [9.17, 15) is 0 Å². The molecule has 0 radical (unpaired) electrons. The Bertz CT molecular complexity index is 377. The Morgan fingerprint density at radius 3 is 2.80 bits per heavy atom. The van der Waals surface area contributed by atoms with Crippen LogP contribution in [0.1, 0.15) is 19.0 Å². The van der Waals surface area contributed by atoms with Crippen molar-refractivity contribution in [2.24, 2.45) is 0 Å². The lowest BCUT2D eigenvalue weighted by Gasteiger charge is -2.27. The fourth-order valence-corrected chi connectivity index (χ4v) is 1.84. The lowest BCUT2D eigenvalue weighted by molar-refractivity contribution is 0.775. The minimum atomic E-state index is 0.359. The van der Waals surface area contributed by atoms with Crippen LogP contribution in [0, 0.1) is 6.92 Å². The van der Waals surface area contributed by atoms with Gasteiger partial charge in [0, 0.05) is 24.8 Å². The average molecular weight is 204 g/mol. The molecule has 0 saturated carbocycles. The van der Waals surface area contributed by atoms with E-state index in [0.717, 1.165) is 31.0 Å². The van der Waals surface area contributed by atoms with Gasteiger partial charge in [-0.05, 0) is 20.3 Å². The van der Waals surface area contributed by atoms with Gasteiger partial charge in [-0.1, -0.05) is 11.6 Å². The van der Waals surface area contributed by atoms with E-state index in [-0.39, 0.29) is 0 Å². The zero-order valence-electron chi connectivity index (χ0n) is 9.20. The lowest BCUT2D eigenvalue weighted by atomic mass is 10.1. The zero-order chi connectivity index (χ0) is 10.8. The van der Waals surface area contributed by atoms with Gasteiger partial charge in [-0.2, -0.15) is 4.98 Å². The molecule has 0 aromatic carbocycles. The van der Waals surface area contributed by atoms with Crippen molar-refractivity contribution in [2.75, 3.05) is 23.7 Å². The SMILES string of the molecule is CC1=CCCN(c2cc(C)nc(N)n2)C1. The molecule has 2 heterocycles. The van der Waals surface area contributed by atoms with Gasteiger partial charge in [0.1, 0.15) is 5.82 Å². The summed E-state index contributed by atoms with van der Waals surface area (Å²) >= 11 is 0. The molecule has 0 bridgehead atoms. The molecule has 1 aromatic rings. The van der Waals surface area contributed by atoms with E-state index >= 15 is 0 Å². The first-order chi connectivity index (χ1) is 7.15. The third kappa shape index (κ3) is 2.26. The molecule has 0 unspecified atom stereocenters. The average Bonchev–Trinajstić information content (AvgIpc) is 2.16. The lowest BCUT2D eigenvalue weighted by Crippen LogP contribution is -2.30. The fraction of sp³-hybridized carbons (Fsp3) is 0.455. The number of aromatic nitrogens is 2. The van der Waals surface area contributed by atoms with E-state index in [1.165, 1.54) is 5.57 Å². The Morgan fingerprint density at radius 1 is 1.33 bits per heavy atom. The minimum Gasteiger partial charge on any atom is -0.368 e. The van der Waals surface area contributed by atoms with E-state index < -0.39 is 0 Å². The molecular formula is C11H16N4. The van der Waals surface area contributed by atoms with Crippen molar-refractivity contribution in [3.63, 3.8) is 0 Å². The number of anilines is 2. The molecule has 0 atom stereocenters. The monoisotopic (exact) mass is 204 g/mol. The van der Waals surface area contributed by atoms with Crippen LogP contribution in [-0.2, 0) is 0 Å². The van der Waals surface area contributed by atoms with Crippen LogP contribution in [0.5, 0.6) is 0 Å². The first-order valence-corrected chi connectivity index (χ1v) is 5.17. The Kier molecular flexibility index (Phi) is 2.58. The predicted molar refractivity (Wildman–Crippen MR) is 61.8 cm³/mol. The standard InChI is InChI=1S/C11H16N4/c1-8-4-3-5-15(7-8)10-6-9(2)13-11(12)14-10/h4,6H,3,5,7H2,1-2H3,(H2,12,13,14). The molecular weight excluding hydrogens is 188 g/mol. The second kappa shape index (κ2) is 3.88. The normalized spacial score (nSPS) is 16.4. The van der Waals surface area contributed by atoms with Crippen LogP contribution in [0.3, 0.4) is 0 Å². The van der Waals surface area contributed by atoms with E-state index in [1.54, 1.807) is 0 Å². The molecule has 2 rings (SSSR count). The van der Waals surface area contributed by atoms with Crippen molar-refractivity contribution in [3.8, 4) is 0 Å². The van der Waals surface area contributed by atoms with Gasteiger partial charge in [-0.3, -0.25) is 0 Å². The van der Waals surface area contributed by atoms with Gasteiger partial charge in [0.15, 0.2) is 0 Å². The molecule has 1 aromatic heterocycles. The highest BCUT2D eigenvalue weighted by Crippen LogP contribution is 2.18. The van der Waals surface area contributed by atoms with E-state index in [4.69, 9.17) is 5.73 Å². The smallest absolute Gasteiger partial charge is 0.222 e. The van der Waals surface area contributed by atoms with Gasteiger partial charge in [0.2, 0.25) is 5.95 Å². The molecule has 0 fully saturated rings. The maximum absolute atomic E-state index is 5.64. The van der Waals surface area contributed by atoms with Crippen LogP contribution < -0.4 is 10.6 Å². The number of nitrogens with zero attached hydrogens (tertiary/aromatic N) is 3. The van der Waals surface area contributed by atoms with Crippen molar-refractivity contribution in [1.29, 1.82) is 0 Å². The van der Waals surface area contributed by atoms with Gasteiger partial charge in [0.05, 0.1) is 0 Å². The summed E-state index contributed by atoms with van der Waals surface area (Å²) in [6, 6.07) is 1.98. The molecule has 2 N–H and O–H groups in total. The Hall–Kier alpha value is -1.58. The summed E-state index contributed by atoms with van der Waals surface area (Å²) in [5.41, 5.74) is 7.94. The number of nitrogens with two attached hydrogens (primary N) is 1. The van der Waals surface area contributed by atoms with Crippen molar-refractivity contribution in [3.05, 3.63) is 23.4 Å². The highest BCUT2D eigenvalue weighted by atomic mass is 15.2. The number of aryl methyl sites for hydroxylation is 1. The third-order valence-electron chi connectivity index (χ3n) is 2.51. The van der Waals surface area contributed by atoms with Crippen molar-refractivity contribution >= 4 is 11.8 Å². The summed E-state index contributed by atoms with van der Waals surface area (Å²) in [6.07, 6.45) is 3.35. The molecule has 4 heteroatoms. The van der Waals surface area contributed by atoms with Crippen molar-refractivity contribution < 1.29 is 0 Å². The molecule has 15 heavy (non-hydrogen) atoms. The quantitative estimate of drug-likeness (QED) is 0.705. The number of rotatable bonds is 1. The van der Waals surface area contributed by atoms with E-state index in [0.29, 0.717) is 5.95 Å². The third-order valence-corrected chi connectivity index (χ3v) is 2.51. The Morgan fingerprint density at radius 2 is 2.13 bits per heavy atom. The molecule has 4 nitrogen and oxygen atoms in total. The first-order valence-electron chi connectivity index (χ1n) is 5.17. The summed E-state index contributed by atoms with van der Waals surface area (Å²) in [7, 11) is 0. The van der Waals surface area contributed by atoms with Gasteiger partial charge in [-0.25, -0.2) is 4.98 Å². The summed E-state index contributed by atoms with van der Waals surface area (Å²) in [6.45, 7) is 6.03. The molecule has 0 aliphatic carbocycles. The summed E-state index contributed by atoms with van der Waals surface area (Å²) in [4.78, 5) is 10.6. The van der Waals surface area contributed by atoms with Gasteiger partial charge in [-0.15, -0.1) is 0 Å². The predicted octanol–water partition coefficient (Wildman–Crippen LogP) is 1.52. The van der Waals surface area contributed by atoms with Gasteiger partial charge in [0.25, 0.3) is 0 Å². The molecule has 0 amide bonds. The van der Waals surface area contributed by atoms with Crippen LogP contribution in [0.15, 0.2) is 17.7 Å². The summed E-state index contributed by atoms with van der Waals surface area (Å²) in [5.74, 6) is 1.30. The number of hydrogen-bond acceptors (Lipinski definition) is 4.